The highest BCUT2D eigenvalue weighted by Gasteiger charge is 2.09. The first kappa shape index (κ1) is 12.1. The van der Waals surface area contributed by atoms with E-state index in [9.17, 15) is 0 Å². The molecular weight excluding hydrogens is 210 g/mol. The van der Waals surface area contributed by atoms with Gasteiger partial charge in [-0.1, -0.05) is 26.0 Å². The molecule has 3 nitrogen and oxygen atoms in total. The standard InChI is InChI=1S/C14H21N3/c1-4-15-9-11(2)10-17-12(3)16-13-7-5-6-8-14(13)17/h5-8,11,15H,4,9-10H2,1-3H3. The van der Waals surface area contributed by atoms with Crippen LogP contribution < -0.4 is 5.32 Å². The van der Waals surface area contributed by atoms with E-state index in [1.54, 1.807) is 0 Å². The molecule has 1 aromatic carbocycles. The lowest BCUT2D eigenvalue weighted by molar-refractivity contribution is 0.452. The number of nitrogens with zero attached hydrogens (tertiary/aromatic N) is 2. The van der Waals surface area contributed by atoms with E-state index in [0.29, 0.717) is 5.92 Å². The number of benzene rings is 1. The van der Waals surface area contributed by atoms with Crippen molar-refractivity contribution < 1.29 is 0 Å². The van der Waals surface area contributed by atoms with E-state index in [1.165, 1.54) is 5.52 Å². The third-order valence-electron chi connectivity index (χ3n) is 3.08. The third-order valence-corrected chi connectivity index (χ3v) is 3.08. The second-order valence-corrected chi connectivity index (χ2v) is 4.67. The molecule has 0 saturated carbocycles. The van der Waals surface area contributed by atoms with Crippen LogP contribution in [0.3, 0.4) is 0 Å². The lowest BCUT2D eigenvalue weighted by Crippen LogP contribution is -2.24. The van der Waals surface area contributed by atoms with Gasteiger partial charge in [-0.25, -0.2) is 4.98 Å². The summed E-state index contributed by atoms with van der Waals surface area (Å²) in [4.78, 5) is 4.59. The van der Waals surface area contributed by atoms with E-state index in [0.717, 1.165) is 31.0 Å². The van der Waals surface area contributed by atoms with Crippen molar-refractivity contribution in [1.29, 1.82) is 0 Å². The van der Waals surface area contributed by atoms with Crippen LogP contribution in [-0.4, -0.2) is 22.6 Å². The molecule has 0 spiro atoms. The van der Waals surface area contributed by atoms with Gasteiger partial charge in [-0.2, -0.15) is 0 Å². The summed E-state index contributed by atoms with van der Waals surface area (Å²) in [7, 11) is 0. The molecule has 1 unspecified atom stereocenters. The van der Waals surface area contributed by atoms with E-state index >= 15 is 0 Å². The zero-order valence-electron chi connectivity index (χ0n) is 10.9. The van der Waals surface area contributed by atoms with Gasteiger partial charge in [-0.3, -0.25) is 0 Å². The molecule has 1 N–H and O–H groups in total. The van der Waals surface area contributed by atoms with Gasteiger partial charge in [-0.15, -0.1) is 0 Å². The predicted molar refractivity (Wildman–Crippen MR) is 72.2 cm³/mol. The Kier molecular flexibility index (Phi) is 3.79. The van der Waals surface area contributed by atoms with Crippen LogP contribution in [0.15, 0.2) is 24.3 Å². The predicted octanol–water partition coefficient (Wildman–Crippen LogP) is 2.59. The van der Waals surface area contributed by atoms with E-state index < -0.39 is 0 Å². The molecule has 3 heteroatoms. The molecule has 92 valence electrons. The van der Waals surface area contributed by atoms with Crippen LogP contribution in [0, 0.1) is 12.8 Å². The molecule has 17 heavy (non-hydrogen) atoms. The molecule has 2 rings (SSSR count). The Bertz CT molecular complexity index is 487. The average molecular weight is 231 g/mol. The quantitative estimate of drug-likeness (QED) is 0.857. The summed E-state index contributed by atoms with van der Waals surface area (Å²) in [6.45, 7) is 9.62. The van der Waals surface area contributed by atoms with E-state index in [-0.39, 0.29) is 0 Å². The van der Waals surface area contributed by atoms with Gasteiger partial charge in [0.15, 0.2) is 0 Å². The Morgan fingerprint density at radius 1 is 1.35 bits per heavy atom. The van der Waals surface area contributed by atoms with Crippen molar-refractivity contribution in [2.24, 2.45) is 5.92 Å². The zero-order valence-corrected chi connectivity index (χ0v) is 10.9. The Labute approximate surface area is 103 Å². The highest BCUT2D eigenvalue weighted by molar-refractivity contribution is 5.75. The summed E-state index contributed by atoms with van der Waals surface area (Å²) in [6, 6.07) is 8.35. The van der Waals surface area contributed by atoms with E-state index in [1.807, 2.05) is 6.07 Å². The maximum Gasteiger partial charge on any atom is 0.106 e. The van der Waals surface area contributed by atoms with Crippen LogP contribution in [-0.2, 0) is 6.54 Å². The zero-order chi connectivity index (χ0) is 12.3. The van der Waals surface area contributed by atoms with Crippen molar-refractivity contribution in [3.05, 3.63) is 30.1 Å². The highest BCUT2D eigenvalue weighted by Crippen LogP contribution is 2.16. The molecule has 0 aliphatic rings. The lowest BCUT2D eigenvalue weighted by atomic mass is 10.1. The van der Waals surface area contributed by atoms with Crippen molar-refractivity contribution >= 4 is 11.0 Å². The summed E-state index contributed by atoms with van der Waals surface area (Å²) >= 11 is 0. The topological polar surface area (TPSA) is 29.9 Å². The van der Waals surface area contributed by atoms with Gasteiger partial charge < -0.3 is 9.88 Å². The van der Waals surface area contributed by atoms with Crippen molar-refractivity contribution in [3.8, 4) is 0 Å². The number of fused-ring (bicyclic) bond motifs is 1. The first-order chi connectivity index (χ1) is 8.22. The SMILES string of the molecule is CCNCC(C)Cn1c(C)nc2ccccc21. The number of hydrogen-bond donors (Lipinski definition) is 1. The molecule has 0 amide bonds. The van der Waals surface area contributed by atoms with Gasteiger partial charge in [0.1, 0.15) is 5.82 Å². The number of aromatic nitrogens is 2. The van der Waals surface area contributed by atoms with Crippen LogP contribution in [0.1, 0.15) is 19.7 Å². The normalized spacial score (nSPS) is 13.1. The highest BCUT2D eigenvalue weighted by atomic mass is 15.1. The second kappa shape index (κ2) is 5.32. The molecule has 0 bridgehead atoms. The van der Waals surface area contributed by atoms with Crippen molar-refractivity contribution in [2.45, 2.75) is 27.3 Å². The number of aryl methyl sites for hydroxylation is 1. The summed E-state index contributed by atoms with van der Waals surface area (Å²) in [6.07, 6.45) is 0. The molecular formula is C14H21N3. The summed E-state index contributed by atoms with van der Waals surface area (Å²) in [5.41, 5.74) is 2.34. The minimum absolute atomic E-state index is 0.617. The fourth-order valence-electron chi connectivity index (χ4n) is 2.19. The molecule has 0 aliphatic carbocycles. The Morgan fingerprint density at radius 3 is 2.88 bits per heavy atom. The fourth-order valence-corrected chi connectivity index (χ4v) is 2.19. The van der Waals surface area contributed by atoms with Crippen molar-refractivity contribution in [3.63, 3.8) is 0 Å². The number of nitrogens with one attached hydrogen (secondary N) is 1. The van der Waals surface area contributed by atoms with Crippen LogP contribution in [0.5, 0.6) is 0 Å². The van der Waals surface area contributed by atoms with Crippen LogP contribution in [0.25, 0.3) is 11.0 Å². The van der Waals surface area contributed by atoms with Crippen LogP contribution in [0.4, 0.5) is 0 Å². The maximum atomic E-state index is 4.59. The first-order valence-electron chi connectivity index (χ1n) is 6.35. The molecule has 0 radical (unpaired) electrons. The van der Waals surface area contributed by atoms with Crippen molar-refractivity contribution in [2.75, 3.05) is 13.1 Å². The molecule has 1 aromatic heterocycles. The molecule has 0 aliphatic heterocycles. The minimum atomic E-state index is 0.617. The fraction of sp³-hybridized carbons (Fsp3) is 0.500. The molecule has 2 aromatic rings. The van der Waals surface area contributed by atoms with E-state index in [2.05, 4.69) is 53.8 Å². The second-order valence-electron chi connectivity index (χ2n) is 4.67. The Balaban J connectivity index is 2.20. The van der Waals surface area contributed by atoms with Crippen LogP contribution in [0.2, 0.25) is 0 Å². The monoisotopic (exact) mass is 231 g/mol. The molecule has 0 fully saturated rings. The number of para-hydroxylation sites is 2. The molecule has 1 heterocycles. The largest absolute Gasteiger partial charge is 0.328 e. The number of rotatable bonds is 5. The van der Waals surface area contributed by atoms with Crippen molar-refractivity contribution in [1.82, 2.24) is 14.9 Å². The molecule has 0 saturated heterocycles. The third kappa shape index (κ3) is 2.67. The maximum absolute atomic E-state index is 4.59. The Hall–Kier alpha value is -1.35. The van der Waals surface area contributed by atoms with Gasteiger partial charge in [0.05, 0.1) is 11.0 Å². The average Bonchev–Trinajstić information content (AvgIpc) is 2.64. The lowest BCUT2D eigenvalue weighted by Gasteiger charge is -2.14. The minimum Gasteiger partial charge on any atom is -0.328 e. The smallest absolute Gasteiger partial charge is 0.106 e. The van der Waals surface area contributed by atoms with Gasteiger partial charge >= 0.3 is 0 Å². The summed E-state index contributed by atoms with van der Waals surface area (Å²) in [5, 5.41) is 3.39. The summed E-state index contributed by atoms with van der Waals surface area (Å²) < 4.78 is 2.32. The van der Waals surface area contributed by atoms with Gasteiger partial charge in [0, 0.05) is 6.54 Å². The van der Waals surface area contributed by atoms with E-state index in [4.69, 9.17) is 0 Å². The van der Waals surface area contributed by atoms with Gasteiger partial charge in [0.25, 0.3) is 0 Å². The molecule has 1 atom stereocenters. The van der Waals surface area contributed by atoms with Crippen LogP contribution >= 0.6 is 0 Å². The Morgan fingerprint density at radius 2 is 2.12 bits per heavy atom. The van der Waals surface area contributed by atoms with Gasteiger partial charge in [-0.05, 0) is 38.1 Å². The summed E-state index contributed by atoms with van der Waals surface area (Å²) in [5.74, 6) is 1.72. The number of hydrogen-bond acceptors (Lipinski definition) is 2. The number of imidazole rings is 1. The van der Waals surface area contributed by atoms with Gasteiger partial charge in [0.2, 0.25) is 0 Å². The first-order valence-corrected chi connectivity index (χ1v) is 6.35.